The molecule has 1 aliphatic heterocycles. The van der Waals surface area contributed by atoms with Crippen molar-refractivity contribution in [3.8, 4) is 0 Å². The van der Waals surface area contributed by atoms with Gasteiger partial charge >= 0.3 is 12.1 Å². The highest BCUT2D eigenvalue weighted by molar-refractivity contribution is 6.64. The van der Waals surface area contributed by atoms with Gasteiger partial charge in [-0.15, -0.1) is 0 Å². The van der Waals surface area contributed by atoms with Crippen molar-refractivity contribution in [3.63, 3.8) is 0 Å². The zero-order valence-electron chi connectivity index (χ0n) is 29.1. The van der Waals surface area contributed by atoms with Crippen molar-refractivity contribution in [2.75, 3.05) is 20.7 Å². The molecular weight excluding hydrogens is 619 g/mol. The molecule has 1 saturated heterocycles. The molecule has 3 aliphatic carbocycles. The van der Waals surface area contributed by atoms with E-state index in [1.165, 1.54) is 4.90 Å². The van der Waals surface area contributed by atoms with E-state index >= 15 is 0 Å². The van der Waals surface area contributed by atoms with Crippen LogP contribution in [0.25, 0.3) is 0 Å². The normalized spacial score (nSPS) is 38.1. The maximum absolute atomic E-state index is 14.8. The highest BCUT2D eigenvalue weighted by Gasteiger charge is 2.73. The maximum atomic E-state index is 14.8. The average molecular weight is 669 g/mol. The second-order valence-electron chi connectivity index (χ2n) is 15.3. The summed E-state index contributed by atoms with van der Waals surface area (Å²) in [5.74, 6) is -2.79. The van der Waals surface area contributed by atoms with Gasteiger partial charge in [-0.2, -0.15) is 0 Å². The van der Waals surface area contributed by atoms with Crippen LogP contribution in [0, 0.1) is 28.1 Å². The van der Waals surface area contributed by atoms with Gasteiger partial charge in [-0.1, -0.05) is 58.0 Å². The summed E-state index contributed by atoms with van der Waals surface area (Å²) in [5.41, 5.74) is -3.61. The third-order valence-electron chi connectivity index (χ3n) is 12.3. The zero-order valence-corrected chi connectivity index (χ0v) is 29.1. The Hall–Kier alpha value is -3.10. The van der Waals surface area contributed by atoms with E-state index in [2.05, 4.69) is 5.23 Å². The van der Waals surface area contributed by atoms with Crippen molar-refractivity contribution in [1.29, 1.82) is 0 Å². The van der Waals surface area contributed by atoms with Gasteiger partial charge < -0.3 is 44.5 Å². The first kappa shape index (κ1) is 36.2. The summed E-state index contributed by atoms with van der Waals surface area (Å²) in [4.78, 5) is 53.8. The lowest BCUT2D eigenvalue weighted by Gasteiger charge is -2.68. The number of ketones is 1. The minimum absolute atomic E-state index is 0.0794. The Kier molecular flexibility index (Phi) is 9.54. The number of nitrogens with zero attached hydrogens (tertiary/aromatic N) is 1. The lowest BCUT2D eigenvalue weighted by molar-refractivity contribution is -0.302. The van der Waals surface area contributed by atoms with E-state index in [9.17, 15) is 34.5 Å². The number of carbonyl (C=O) groups excluding carboxylic acids is 4. The van der Waals surface area contributed by atoms with Gasteiger partial charge in [0, 0.05) is 37.8 Å². The number of carbonyl (C=O) groups is 4. The molecule has 5 rings (SSSR count). The van der Waals surface area contributed by atoms with E-state index < -0.39 is 82.0 Å². The summed E-state index contributed by atoms with van der Waals surface area (Å²) >= 11 is 0. The van der Waals surface area contributed by atoms with E-state index in [1.807, 2.05) is 13.8 Å². The minimum Gasteiger partial charge on any atom is -0.456 e. The molecule has 2 saturated carbocycles. The van der Waals surface area contributed by atoms with Crippen molar-refractivity contribution >= 4 is 31.4 Å². The molecule has 0 radical (unpaired) electrons. The molecule has 3 fully saturated rings. The van der Waals surface area contributed by atoms with Crippen molar-refractivity contribution in [2.45, 2.75) is 96.5 Å². The SMILES string of the molecule is CC1=C2[C@@H](O)C(=O)[C@]3(C)[C@@H](OC(=O)N(C)C)C[C@H]4OC[C@@]4(C)[C@H]3[C@H](C)[C@](O)(C[C@@H]1OC(=O)[C@H](O)[C@@H](NBC=O)c1ccccc1)C2(C)C. The fourth-order valence-corrected chi connectivity index (χ4v) is 9.54. The first-order chi connectivity index (χ1) is 22.4. The van der Waals surface area contributed by atoms with Crippen LogP contribution in [0.1, 0.15) is 66.0 Å². The molecule has 4 N–H and O–H groups in total. The summed E-state index contributed by atoms with van der Waals surface area (Å²) in [7, 11) is 2.98. The monoisotopic (exact) mass is 668 g/mol. The van der Waals surface area contributed by atoms with E-state index in [0.717, 1.165) is 0 Å². The molecule has 12 nitrogen and oxygen atoms in total. The molecule has 11 atom stereocenters. The highest BCUT2D eigenvalue weighted by atomic mass is 16.6. The number of aliphatic hydroxyl groups excluding tert-OH is 2. The average Bonchev–Trinajstić information content (AvgIpc) is 3.03. The summed E-state index contributed by atoms with van der Waals surface area (Å²) in [6.07, 6.45) is -5.65. The number of hydrogen-bond donors (Lipinski definition) is 4. The van der Waals surface area contributed by atoms with Crippen LogP contribution < -0.4 is 5.23 Å². The second-order valence-corrected chi connectivity index (χ2v) is 15.3. The molecule has 262 valence electrons. The molecule has 1 amide bonds. The first-order valence-corrected chi connectivity index (χ1v) is 16.6. The Morgan fingerprint density at radius 1 is 1.15 bits per heavy atom. The Bertz CT molecular complexity index is 1480. The molecule has 0 aromatic heterocycles. The topological polar surface area (TPSA) is 172 Å². The van der Waals surface area contributed by atoms with E-state index in [4.69, 9.17) is 14.2 Å². The molecule has 48 heavy (non-hydrogen) atoms. The van der Waals surface area contributed by atoms with E-state index in [1.54, 1.807) is 72.1 Å². The smallest absolute Gasteiger partial charge is 0.409 e. The van der Waals surface area contributed by atoms with Crippen LogP contribution in [0.4, 0.5) is 4.79 Å². The predicted molar refractivity (Wildman–Crippen MR) is 176 cm³/mol. The number of Topliss-reactive ketones (excluding diaryl/α,β-unsaturated/α-hetero) is 1. The van der Waals surface area contributed by atoms with Crippen molar-refractivity contribution in [2.24, 2.45) is 28.1 Å². The minimum atomic E-state index is -1.72. The number of esters is 1. The number of ether oxygens (including phenoxy) is 3. The van der Waals surface area contributed by atoms with Gasteiger partial charge in [-0.3, -0.25) is 4.79 Å². The van der Waals surface area contributed by atoms with Gasteiger partial charge in [0.25, 0.3) is 7.41 Å². The van der Waals surface area contributed by atoms with E-state index in [0.29, 0.717) is 23.9 Å². The van der Waals surface area contributed by atoms with E-state index in [-0.39, 0.29) is 31.9 Å². The van der Waals surface area contributed by atoms with Crippen LogP contribution in [0.15, 0.2) is 41.5 Å². The Labute approximate surface area is 282 Å². The summed E-state index contributed by atoms with van der Waals surface area (Å²) in [6, 6.07) is 7.73. The van der Waals surface area contributed by atoms with Crippen LogP contribution >= 0.6 is 0 Å². The summed E-state index contributed by atoms with van der Waals surface area (Å²) in [5, 5.41) is 39.2. The third kappa shape index (κ3) is 5.33. The van der Waals surface area contributed by atoms with Crippen LogP contribution in [0.2, 0.25) is 0 Å². The Morgan fingerprint density at radius 3 is 2.35 bits per heavy atom. The lowest BCUT2D eigenvalue weighted by atomic mass is 9.40. The number of fused-ring (bicyclic) bond motifs is 5. The maximum Gasteiger partial charge on any atom is 0.409 e. The highest BCUT2D eigenvalue weighted by Crippen LogP contribution is 2.67. The van der Waals surface area contributed by atoms with Crippen LogP contribution in [0.5, 0.6) is 0 Å². The molecular formula is C35H49BN2O10. The van der Waals surface area contributed by atoms with Gasteiger partial charge in [0.15, 0.2) is 11.9 Å². The lowest BCUT2D eigenvalue weighted by Crippen LogP contribution is -2.75. The van der Waals surface area contributed by atoms with Gasteiger partial charge in [-0.05, 0) is 42.4 Å². The number of benzene rings is 1. The fraction of sp³-hybridized carbons (Fsp3) is 0.657. The molecule has 1 aromatic rings. The molecule has 2 bridgehead atoms. The van der Waals surface area contributed by atoms with Crippen LogP contribution in [-0.4, -0.2) is 108 Å². The molecule has 4 aliphatic rings. The Morgan fingerprint density at radius 2 is 1.79 bits per heavy atom. The van der Waals surface area contributed by atoms with Crippen LogP contribution in [0.3, 0.4) is 0 Å². The largest absolute Gasteiger partial charge is 0.456 e. The number of nitrogens with one attached hydrogen (secondary N) is 1. The predicted octanol–water partition coefficient (Wildman–Crippen LogP) is 1.69. The number of aliphatic hydroxyl groups is 3. The molecule has 13 heteroatoms. The fourth-order valence-electron chi connectivity index (χ4n) is 9.54. The standard InChI is InChI=1S/C35H49BN2O10/c1-18-21(47-30(43)27(41)25(37-36-17-39)20-12-10-9-11-13-20)15-35(45)19(2)28-33(5)16-46-22(33)14-23(48-31(44)38(7)8)34(28,6)29(42)26(40)24(18)32(35,3)4/h9-13,17,19,21-23,25-28,36-37,40-41,45H,14-16H2,1-8H3/t19-,21-,22+,23-,25-,26+,27+,28+,33+,34+,35+/m0/s1. The van der Waals surface area contributed by atoms with Gasteiger partial charge in [0.1, 0.15) is 18.3 Å². The third-order valence-corrected chi connectivity index (χ3v) is 12.3. The van der Waals surface area contributed by atoms with Crippen molar-refractivity contribution in [1.82, 2.24) is 10.1 Å². The van der Waals surface area contributed by atoms with Gasteiger partial charge in [0.2, 0.25) is 0 Å². The van der Waals surface area contributed by atoms with Crippen molar-refractivity contribution < 1.29 is 48.7 Å². The zero-order chi connectivity index (χ0) is 35.6. The Balaban J connectivity index is 1.58. The summed E-state index contributed by atoms with van der Waals surface area (Å²) in [6.45, 7) is 11.1. The second kappa shape index (κ2) is 12.7. The molecule has 1 heterocycles. The molecule has 0 spiro atoms. The van der Waals surface area contributed by atoms with Gasteiger partial charge in [0.05, 0.1) is 36.0 Å². The number of hydrogen-bond acceptors (Lipinski definition) is 11. The molecule has 1 aromatic carbocycles. The summed E-state index contributed by atoms with van der Waals surface area (Å²) < 4.78 is 17.9. The quantitative estimate of drug-likeness (QED) is 0.138. The van der Waals surface area contributed by atoms with Gasteiger partial charge in [-0.25, -0.2) is 9.59 Å². The first-order valence-electron chi connectivity index (χ1n) is 16.6. The van der Waals surface area contributed by atoms with Crippen molar-refractivity contribution in [3.05, 3.63) is 47.0 Å². The van der Waals surface area contributed by atoms with Crippen LogP contribution in [-0.2, 0) is 28.6 Å². The number of rotatable bonds is 8. The number of amides is 1. The molecule has 0 unspecified atom stereocenters.